The molecule has 0 bridgehead atoms. The van der Waals surface area contributed by atoms with Gasteiger partial charge in [0.05, 0.1) is 60.4 Å². The zero-order chi connectivity index (χ0) is 45.2. The number of Topliss-reactive ketones (excluding diaryl/α,β-unsaturated/α-hetero) is 1. The van der Waals surface area contributed by atoms with E-state index in [-0.39, 0.29) is 41.4 Å². The van der Waals surface area contributed by atoms with Crippen LogP contribution in [0.25, 0.3) is 0 Å². The van der Waals surface area contributed by atoms with Gasteiger partial charge in [-0.15, -0.1) is 0 Å². The molecule has 18 atom stereocenters. The van der Waals surface area contributed by atoms with Gasteiger partial charge in [0.25, 0.3) is 0 Å². The van der Waals surface area contributed by atoms with Crippen molar-refractivity contribution in [2.24, 2.45) is 41.4 Å². The van der Waals surface area contributed by atoms with Crippen molar-refractivity contribution in [3.8, 4) is 0 Å². The van der Waals surface area contributed by atoms with Gasteiger partial charge in [-0.05, 0) is 109 Å². The van der Waals surface area contributed by atoms with E-state index in [2.05, 4.69) is 31.4 Å². The standard InChI is InChI=1S/C46H76N2O12S/c1-12-31(40(51)52)33-17-16-25(5)38(57-33)29(9)36(49)28(8)37(50)32(13-2)39-26(6)24-27(7)45(58-39)21-18-34(47-41(61)48-42(53)55-15-4)46(60-45)23-22-43(11,59-46)35-19-20-44(54,14-3)30(10)56-35/h18,21,25-36,38-39,49,54H,12-17,19-20,22-24H2,1-11H3,(H,51,52)(H2,47,48,53,61)/t25-,26-,27+,28-,29-,30-,31+,32?,33+,34+,35+,36+,38+,39-,43-,44+,45-,46-/m0/s1. The maximum absolute atomic E-state index is 14.7. The Bertz CT molecular complexity index is 1600. The van der Waals surface area contributed by atoms with Gasteiger partial charge in [0.15, 0.2) is 16.7 Å². The average Bonchev–Trinajstić information content (AvgIpc) is 3.55. The van der Waals surface area contributed by atoms with Crippen molar-refractivity contribution in [2.45, 2.75) is 206 Å². The number of aliphatic hydroxyl groups is 2. The number of ketones is 1. The second-order valence-electron chi connectivity index (χ2n) is 19.3. The molecule has 0 radical (unpaired) electrons. The van der Waals surface area contributed by atoms with E-state index in [4.69, 9.17) is 40.6 Å². The van der Waals surface area contributed by atoms with Gasteiger partial charge >= 0.3 is 12.1 Å². The first-order chi connectivity index (χ1) is 28.6. The summed E-state index contributed by atoms with van der Waals surface area (Å²) >= 11 is 5.57. The SMILES string of the molecule is CCOC(=O)NC(=S)N[C@@H]1C=C[C@]2(O[C@H](C(CC)C(=O)[C@@H](C)[C@@H](O)[C@H](C)[C@@H]3O[C@@H]([C@@H](CC)C(=O)O)CC[C@@H]3C)[C@@H](C)C[C@H]2C)O[C@@]12CC[C@@](C)([C@H]1CC[C@](O)(CC)[C@H](C)O1)O2. The molecule has 0 aromatic carbocycles. The van der Waals surface area contributed by atoms with Crippen molar-refractivity contribution >= 4 is 35.2 Å². The van der Waals surface area contributed by atoms with Gasteiger partial charge in [-0.25, -0.2) is 4.79 Å². The molecule has 0 aliphatic carbocycles. The number of amides is 1. The van der Waals surface area contributed by atoms with Gasteiger partial charge in [-0.3, -0.25) is 14.9 Å². The van der Waals surface area contributed by atoms with E-state index in [9.17, 15) is 29.7 Å². The molecule has 4 saturated heterocycles. The molecule has 5 heterocycles. The van der Waals surface area contributed by atoms with E-state index >= 15 is 0 Å². The quantitative estimate of drug-likeness (QED) is 0.0903. The van der Waals surface area contributed by atoms with E-state index < -0.39 is 95.1 Å². The zero-order valence-corrected chi connectivity index (χ0v) is 39.3. The normalized spacial score (nSPS) is 41.4. The lowest BCUT2D eigenvalue weighted by molar-refractivity contribution is -0.397. The number of nitrogens with one attached hydrogen (secondary N) is 2. The molecule has 14 nitrogen and oxygen atoms in total. The second kappa shape index (κ2) is 19.9. The number of hydrogen-bond acceptors (Lipinski definition) is 12. The van der Waals surface area contributed by atoms with Crippen molar-refractivity contribution < 1.29 is 58.1 Å². The Morgan fingerprint density at radius 3 is 2.21 bits per heavy atom. The Kier molecular flexibility index (Phi) is 16.2. The minimum Gasteiger partial charge on any atom is -0.481 e. The van der Waals surface area contributed by atoms with Crippen molar-refractivity contribution in [3.63, 3.8) is 0 Å². The molecule has 1 unspecified atom stereocenters. The van der Waals surface area contributed by atoms with Crippen molar-refractivity contribution in [1.82, 2.24) is 10.6 Å². The number of carboxylic acids is 1. The molecule has 15 heteroatoms. The number of aliphatic hydroxyl groups excluding tert-OH is 1. The molecule has 0 saturated carbocycles. The topological polar surface area (TPSA) is 191 Å². The zero-order valence-electron chi connectivity index (χ0n) is 38.4. The summed E-state index contributed by atoms with van der Waals surface area (Å²) < 4.78 is 39.5. The number of ether oxygens (including phenoxy) is 6. The molecule has 61 heavy (non-hydrogen) atoms. The average molecular weight is 881 g/mol. The minimum atomic E-state index is -1.34. The van der Waals surface area contributed by atoms with Crippen LogP contribution in [0.2, 0.25) is 0 Å². The summed E-state index contributed by atoms with van der Waals surface area (Å²) in [5.74, 6) is -6.11. The fourth-order valence-electron chi connectivity index (χ4n) is 11.1. The Balaban J connectivity index is 1.40. The fourth-order valence-corrected chi connectivity index (χ4v) is 11.3. The summed E-state index contributed by atoms with van der Waals surface area (Å²) in [5, 5.41) is 38.8. The Morgan fingerprint density at radius 2 is 1.61 bits per heavy atom. The van der Waals surface area contributed by atoms with E-state index in [1.807, 2.05) is 53.7 Å². The van der Waals surface area contributed by atoms with Crippen LogP contribution in [0.1, 0.15) is 140 Å². The summed E-state index contributed by atoms with van der Waals surface area (Å²) in [7, 11) is 0. The molecule has 1 amide bonds. The van der Waals surface area contributed by atoms with E-state index in [1.165, 1.54) is 0 Å². The molecule has 5 N–H and O–H groups in total. The van der Waals surface area contributed by atoms with Crippen LogP contribution in [0.4, 0.5) is 4.79 Å². The summed E-state index contributed by atoms with van der Waals surface area (Å²) in [6, 6.07) is -0.663. The second-order valence-corrected chi connectivity index (χ2v) is 19.7. The van der Waals surface area contributed by atoms with Crippen molar-refractivity contribution in [1.29, 1.82) is 0 Å². The first-order valence-electron chi connectivity index (χ1n) is 23.1. The number of rotatable bonds is 14. The van der Waals surface area contributed by atoms with Crippen molar-refractivity contribution in [2.75, 3.05) is 6.61 Å². The predicted molar refractivity (Wildman–Crippen MR) is 232 cm³/mol. The van der Waals surface area contributed by atoms with Crippen LogP contribution >= 0.6 is 12.2 Å². The maximum atomic E-state index is 14.7. The van der Waals surface area contributed by atoms with Crippen LogP contribution in [0.15, 0.2) is 12.2 Å². The summed E-state index contributed by atoms with van der Waals surface area (Å²) in [6.07, 6.45) is 5.66. The highest BCUT2D eigenvalue weighted by molar-refractivity contribution is 7.80. The van der Waals surface area contributed by atoms with Gasteiger partial charge in [0, 0.05) is 30.1 Å². The number of carbonyl (C=O) groups excluding carboxylic acids is 2. The third-order valence-electron chi connectivity index (χ3n) is 15.3. The maximum Gasteiger partial charge on any atom is 0.413 e. The highest BCUT2D eigenvalue weighted by Crippen LogP contribution is 2.54. The first-order valence-corrected chi connectivity index (χ1v) is 23.5. The number of carboxylic acid groups (broad SMARTS) is 1. The summed E-state index contributed by atoms with van der Waals surface area (Å²) in [6.45, 7) is 21.5. The van der Waals surface area contributed by atoms with E-state index in [1.54, 1.807) is 13.8 Å². The van der Waals surface area contributed by atoms with E-state index in [0.717, 1.165) is 6.42 Å². The highest BCUT2D eigenvalue weighted by Gasteiger charge is 2.63. The molecular weight excluding hydrogens is 805 g/mol. The Hall–Kier alpha value is -2.24. The number of alkyl carbamates (subject to hydrolysis) is 1. The smallest absolute Gasteiger partial charge is 0.413 e. The van der Waals surface area contributed by atoms with Gasteiger partial charge in [0.2, 0.25) is 0 Å². The lowest BCUT2D eigenvalue weighted by atomic mass is 9.72. The number of thiocarbonyl (C=S) groups is 1. The highest BCUT2D eigenvalue weighted by atomic mass is 32.1. The number of hydrogen-bond donors (Lipinski definition) is 5. The summed E-state index contributed by atoms with van der Waals surface area (Å²) in [4.78, 5) is 39.0. The van der Waals surface area contributed by atoms with Gasteiger partial charge < -0.3 is 49.1 Å². The molecule has 5 aliphatic heterocycles. The van der Waals surface area contributed by atoms with E-state index in [0.29, 0.717) is 57.8 Å². The van der Waals surface area contributed by atoms with Gasteiger partial charge in [-0.2, -0.15) is 0 Å². The molecule has 2 spiro atoms. The monoisotopic (exact) mass is 881 g/mol. The largest absolute Gasteiger partial charge is 0.481 e. The molecule has 5 rings (SSSR count). The molecule has 4 fully saturated rings. The van der Waals surface area contributed by atoms with Crippen LogP contribution in [0.3, 0.4) is 0 Å². The van der Waals surface area contributed by atoms with Crippen LogP contribution in [0.5, 0.6) is 0 Å². The third kappa shape index (κ3) is 10.2. The lowest BCUT2D eigenvalue weighted by Crippen LogP contribution is -2.66. The molecule has 348 valence electrons. The van der Waals surface area contributed by atoms with Gasteiger partial charge in [-0.1, -0.05) is 61.5 Å². The third-order valence-corrected chi connectivity index (χ3v) is 15.5. The Morgan fingerprint density at radius 1 is 0.918 bits per heavy atom. The number of aliphatic carboxylic acids is 1. The molecule has 5 aliphatic rings. The van der Waals surface area contributed by atoms with Crippen LogP contribution < -0.4 is 10.6 Å². The molecular formula is C46H76N2O12S. The predicted octanol–water partition coefficient (Wildman–Crippen LogP) is 6.82. The van der Waals surface area contributed by atoms with Crippen molar-refractivity contribution in [3.05, 3.63) is 12.2 Å². The van der Waals surface area contributed by atoms with Crippen LogP contribution in [0, 0.1) is 41.4 Å². The first kappa shape index (κ1) is 49.8. The Labute approximate surface area is 368 Å². The lowest BCUT2D eigenvalue weighted by Gasteiger charge is -2.55. The molecule has 0 aromatic rings. The molecule has 0 aromatic heterocycles. The van der Waals surface area contributed by atoms with Gasteiger partial charge in [0.1, 0.15) is 11.8 Å². The summed E-state index contributed by atoms with van der Waals surface area (Å²) in [5.41, 5.74) is -1.74. The minimum absolute atomic E-state index is 0.0323. The van der Waals surface area contributed by atoms with Crippen LogP contribution in [-0.2, 0) is 38.0 Å². The van der Waals surface area contributed by atoms with Crippen LogP contribution in [-0.4, -0.2) is 110 Å². The number of carbonyl (C=O) groups is 3. The fraction of sp³-hybridized carbons (Fsp3) is 0.870.